The van der Waals surface area contributed by atoms with Crippen LogP contribution in [0.1, 0.15) is 94.1 Å². The maximum absolute atomic E-state index is 13.9. The molecule has 30 nitrogen and oxygen atoms in total. The quantitative estimate of drug-likeness (QED) is 0.0285. The SMILES string of the molecule is Cc1nc2ccc(F)cc2n1-c1c[n+]([O-])cc(Nc2ccc(C(F)(F)F)cc2)n1.Cc1nc2ccccc2n1-c1c[n+]([O-])cc(Nc2ccc(OC(F)F)cc2)n1.Fc1ccn2nc(C3CC3)c(-c3cncc(Nc4ccc(C(F)(F)F)cc4)n3)c2c1.[O-][n+]1cc(Nc2ccc(C(F)(F)F)cc2)nc(-c2c(C(F)(F)F)nc3ccccn23)c1.[O-][n+]1cc(Nc2ccc(C(F)(F)F)cc2)nc(C2C(C3CC3)=Nc3ncc(F)cc32)c1. The van der Waals surface area contributed by atoms with Crippen LogP contribution < -0.4 is 50.2 Å². The van der Waals surface area contributed by atoms with E-state index in [0.717, 1.165) is 144 Å². The Morgan fingerprint density at radius 3 is 1.38 bits per heavy atom. The van der Waals surface area contributed by atoms with E-state index in [0.29, 0.717) is 111 Å². The number of nitrogens with one attached hydrogen (secondary N) is 5. The van der Waals surface area contributed by atoms with Gasteiger partial charge in [0.25, 0.3) is 0 Å². The van der Waals surface area contributed by atoms with Crippen LogP contribution in [0.5, 0.6) is 5.75 Å². The van der Waals surface area contributed by atoms with E-state index in [1.165, 1.54) is 151 Å². The van der Waals surface area contributed by atoms with Crippen molar-refractivity contribution in [2.75, 3.05) is 26.6 Å². The van der Waals surface area contributed by atoms with Gasteiger partial charge in [-0.3, -0.25) is 18.5 Å². The van der Waals surface area contributed by atoms with E-state index in [1.807, 2.05) is 31.2 Å². The van der Waals surface area contributed by atoms with Crippen LogP contribution in [0.25, 0.3) is 67.5 Å². The number of aromatic nitrogens is 19. The van der Waals surface area contributed by atoms with Gasteiger partial charge in [-0.15, -0.1) is 0 Å². The zero-order chi connectivity index (χ0) is 105. The van der Waals surface area contributed by atoms with Gasteiger partial charge < -0.3 is 52.1 Å². The summed E-state index contributed by atoms with van der Waals surface area (Å²) in [5.74, 6) is 1.67. The molecule has 2 saturated carbocycles. The summed E-state index contributed by atoms with van der Waals surface area (Å²) in [6.45, 7) is 0.633. The molecule has 1 atom stereocenters. The lowest BCUT2D eigenvalue weighted by atomic mass is 9.91. The number of ether oxygens (including phenoxy) is 1. The largest absolute Gasteiger partial charge is 0.619 e. The number of aryl methyl sites for hydroxylation is 2. The first-order valence-corrected chi connectivity index (χ1v) is 44.3. The molecule has 3 aliphatic rings. The zero-order valence-electron chi connectivity index (χ0n) is 76.2. The molecule has 2 fully saturated rings. The standard InChI is InChI=1S/C21H15F4N5O.C21H15F4N5.C19H11F6N5O.C19H13F4N5O.C19H15F2N5O2/c22-13-7-15-18(19(11-1-2-11)29-20(15)26-8-13)16-9-30(31)10-17(28-16)27-14-5-3-12(4-6-14)21(23,24)25;22-14-7-8-30-17(9-14)19(20(29-30)12-1-2-12)16-10-26-11-18(28-16)27-15-5-3-13(4-6-15)21(23,24)25;20-18(21,22)11-4-6-12(7-5-11)26-14-10-29(31)9-13(27-14)16-17(19(23,24)25)28-15-3-1-2-8-30(15)16;1-11-24-15-7-4-13(20)8-16(15)28(11)18-10-27(29)9-17(26-18)25-14-5-2-12(3-6-14)19(21,22)23;1-12-22-15-4-2-3-5-16(15)26(12)18-11-25(27)10-17(24-18)23-13-6-8-14(9-7-13)28-19(20)21/h3-11,18H,1-2H2,(H,27,28);3-12H,1-2H2,(H,27,28);1-10H,(H,26,27);2-10H,1H3,(H,25,26);2-11,19H,1H3,(H,23,24). The first kappa shape index (κ1) is 101. The van der Waals surface area contributed by atoms with Gasteiger partial charge in [0.15, 0.2) is 40.5 Å². The average molecular weight is 2070 g/mol. The highest BCUT2D eigenvalue weighted by atomic mass is 19.4. The first-order chi connectivity index (χ1) is 70.9. The van der Waals surface area contributed by atoms with E-state index in [9.17, 15) is 109 Å². The summed E-state index contributed by atoms with van der Waals surface area (Å²) in [7, 11) is 0. The fourth-order valence-electron chi connectivity index (χ4n) is 15.9. The van der Waals surface area contributed by atoms with Gasteiger partial charge in [0.2, 0.25) is 61.2 Å². The molecule has 0 amide bonds. The van der Waals surface area contributed by atoms with Gasteiger partial charge in [-0.25, -0.2) is 67.5 Å². The Hall–Kier alpha value is -18.3. The van der Waals surface area contributed by atoms with Crippen LogP contribution in [-0.4, -0.2) is 85.3 Å². The number of halogens is 20. The minimum atomic E-state index is -4.81. The van der Waals surface area contributed by atoms with Crippen molar-refractivity contribution >= 4 is 102 Å². The number of nitrogens with zero attached hydrogens (tertiary/aromatic N) is 20. The second-order valence-electron chi connectivity index (χ2n) is 33.5. The zero-order valence-corrected chi connectivity index (χ0v) is 76.2. The van der Waals surface area contributed by atoms with Crippen molar-refractivity contribution in [3.63, 3.8) is 0 Å². The summed E-state index contributed by atoms with van der Waals surface area (Å²) in [6, 6.07) is 43.3. The van der Waals surface area contributed by atoms with Crippen LogP contribution in [0, 0.1) is 58.0 Å². The van der Waals surface area contributed by atoms with Gasteiger partial charge >= 0.3 is 37.5 Å². The molecule has 0 spiro atoms. The highest BCUT2D eigenvalue weighted by molar-refractivity contribution is 6.02. The number of hydrogen-bond donors (Lipinski definition) is 5. The van der Waals surface area contributed by atoms with Gasteiger partial charge in [0.1, 0.15) is 57.7 Å². The summed E-state index contributed by atoms with van der Waals surface area (Å²) in [4.78, 5) is 47.1. The maximum Gasteiger partial charge on any atom is 0.435 e. The third kappa shape index (κ3) is 23.7. The van der Waals surface area contributed by atoms with Crippen LogP contribution in [0.4, 0.5) is 151 Å². The molecule has 0 bridgehead atoms. The van der Waals surface area contributed by atoms with Crippen LogP contribution >= 0.6 is 0 Å². The van der Waals surface area contributed by atoms with E-state index in [4.69, 9.17) is 0 Å². The van der Waals surface area contributed by atoms with Gasteiger partial charge in [-0.05, 0) is 215 Å². The Kier molecular flexibility index (Phi) is 27.5. The Morgan fingerprint density at radius 1 is 0.403 bits per heavy atom. The molecule has 1 aliphatic heterocycles. The molecule has 5 N–H and O–H groups in total. The van der Waals surface area contributed by atoms with Gasteiger partial charge in [-0.2, -0.15) is 98.7 Å². The average Bonchev–Trinajstić information content (AvgIpc) is 1.61. The molecule has 149 heavy (non-hydrogen) atoms. The summed E-state index contributed by atoms with van der Waals surface area (Å²) in [5, 5.41) is 67.3. The highest BCUT2D eigenvalue weighted by Gasteiger charge is 2.44. The smallest absolute Gasteiger partial charge is 0.435 e. The molecular formula is C99H69F20N25O5. The lowest BCUT2D eigenvalue weighted by Crippen LogP contribution is -2.29. The molecule has 12 aromatic heterocycles. The fraction of sp³-hybridized carbons (Fsp3) is 0.152. The summed E-state index contributed by atoms with van der Waals surface area (Å²) < 4.78 is 272. The number of rotatable bonds is 19. The van der Waals surface area contributed by atoms with Crippen LogP contribution in [0.2, 0.25) is 0 Å². The van der Waals surface area contributed by atoms with E-state index in [-0.39, 0.29) is 62.5 Å². The lowest BCUT2D eigenvalue weighted by Gasteiger charge is -2.15. The maximum atomic E-state index is 13.9. The van der Waals surface area contributed by atoms with E-state index >= 15 is 0 Å². The van der Waals surface area contributed by atoms with Crippen LogP contribution in [0.15, 0.2) is 286 Å². The monoisotopic (exact) mass is 2070 g/mol. The number of alkyl halides is 17. The number of benzene rings is 7. The van der Waals surface area contributed by atoms with Crippen LogP contribution in [-0.2, 0) is 30.9 Å². The topological polar surface area (TPSA) is 350 Å². The number of aliphatic imine (C=N–C) groups is 1. The molecule has 2 aliphatic carbocycles. The van der Waals surface area contributed by atoms with Crippen molar-refractivity contribution in [2.45, 2.75) is 88.9 Å². The molecule has 19 aromatic rings. The Morgan fingerprint density at radius 2 is 0.859 bits per heavy atom. The normalized spacial score (nSPS) is 13.6. The van der Waals surface area contributed by atoms with Crippen molar-refractivity contribution in [3.8, 4) is 40.0 Å². The first-order valence-electron chi connectivity index (χ1n) is 44.3. The number of fused-ring (bicyclic) bond motifs is 5. The number of imidazole rings is 3. The summed E-state index contributed by atoms with van der Waals surface area (Å²) in [5.41, 5.74) is 3.68. The number of para-hydroxylation sites is 2. The van der Waals surface area contributed by atoms with Crippen molar-refractivity contribution in [2.24, 2.45) is 10.9 Å². The molecule has 760 valence electrons. The van der Waals surface area contributed by atoms with Crippen molar-refractivity contribution in [1.29, 1.82) is 0 Å². The van der Waals surface area contributed by atoms with Crippen LogP contribution in [0.3, 0.4) is 0 Å². The highest BCUT2D eigenvalue weighted by Crippen LogP contribution is 2.49. The molecule has 50 heteroatoms. The van der Waals surface area contributed by atoms with Gasteiger partial charge in [-0.1, -0.05) is 18.2 Å². The minimum absolute atomic E-state index is 0.00479. The Labute approximate surface area is 825 Å². The van der Waals surface area contributed by atoms with E-state index in [2.05, 4.69) is 91.3 Å². The second kappa shape index (κ2) is 40.7. The third-order valence-electron chi connectivity index (χ3n) is 22.7. The fourth-order valence-corrected chi connectivity index (χ4v) is 15.9. The van der Waals surface area contributed by atoms with Gasteiger partial charge in [0.05, 0.1) is 91.3 Å². The van der Waals surface area contributed by atoms with E-state index < -0.39 is 88.7 Å². The minimum Gasteiger partial charge on any atom is -0.619 e. The lowest BCUT2D eigenvalue weighted by molar-refractivity contribution is -0.605. The summed E-state index contributed by atoms with van der Waals surface area (Å²) in [6.07, 6.45) is -2.40. The number of anilines is 10. The molecule has 7 aromatic carbocycles. The molecule has 1 unspecified atom stereocenters. The second-order valence-corrected chi connectivity index (χ2v) is 33.5. The van der Waals surface area contributed by atoms with E-state index in [1.54, 1.807) is 40.5 Å². The molecular weight excluding hydrogens is 2000 g/mol. The third-order valence-corrected chi connectivity index (χ3v) is 22.7. The Bertz CT molecular complexity index is 8210. The molecule has 22 rings (SSSR count). The molecule has 0 saturated heterocycles. The molecule has 13 heterocycles. The number of pyridine rings is 3. The summed E-state index contributed by atoms with van der Waals surface area (Å²) >= 11 is 0. The molecule has 0 radical (unpaired) electrons. The predicted octanol–water partition coefficient (Wildman–Crippen LogP) is 23.0. The van der Waals surface area contributed by atoms with Crippen molar-refractivity contribution < 1.29 is 111 Å². The Balaban J connectivity index is 0.000000122. The van der Waals surface area contributed by atoms with Gasteiger partial charge in [0, 0.05) is 70.2 Å². The van der Waals surface area contributed by atoms with Crippen molar-refractivity contribution in [3.05, 3.63) is 376 Å². The predicted molar refractivity (Wildman–Crippen MR) is 500 cm³/mol. The number of hydrogen-bond acceptors (Lipinski definition) is 22. The van der Waals surface area contributed by atoms with Crippen molar-refractivity contribution in [1.82, 2.24) is 73.0 Å².